The Morgan fingerprint density at radius 1 is 1.40 bits per heavy atom. The molecule has 3 N–H and O–H groups in total. The normalized spacial score (nSPS) is 39.3. The van der Waals surface area contributed by atoms with E-state index in [-0.39, 0.29) is 6.61 Å². The first-order valence-electron chi connectivity index (χ1n) is 3.05. The Bertz CT molecular complexity index is 134. The van der Waals surface area contributed by atoms with Crippen LogP contribution in [0.1, 0.15) is 0 Å². The molecule has 1 rings (SSSR count). The van der Waals surface area contributed by atoms with Crippen LogP contribution < -0.4 is 0 Å². The van der Waals surface area contributed by atoms with E-state index in [4.69, 9.17) is 20.1 Å². The summed E-state index contributed by atoms with van der Waals surface area (Å²) in [5, 5.41) is 26.6. The molecular weight excluding hydrogens is 136 g/mol. The van der Waals surface area contributed by atoms with E-state index in [2.05, 4.69) is 0 Å². The molecule has 58 valence electrons. The molecule has 0 radical (unpaired) electrons. The Balaban J connectivity index is 2.56. The van der Waals surface area contributed by atoms with Gasteiger partial charge in [-0.1, -0.05) is 0 Å². The van der Waals surface area contributed by atoms with Crippen molar-refractivity contribution in [2.75, 3.05) is 6.61 Å². The monoisotopic (exact) mass is 146 g/mol. The predicted molar refractivity (Wildman–Crippen MR) is 33.1 cm³/mol. The molecule has 10 heavy (non-hydrogen) atoms. The number of ether oxygens (including phenoxy) is 1. The second-order valence-corrected chi connectivity index (χ2v) is 2.17. The van der Waals surface area contributed by atoms with Gasteiger partial charge in [0.15, 0.2) is 0 Å². The van der Waals surface area contributed by atoms with Gasteiger partial charge < -0.3 is 20.1 Å². The third-order valence-corrected chi connectivity index (χ3v) is 1.44. The van der Waals surface area contributed by atoms with E-state index in [1.807, 2.05) is 0 Å². The molecule has 0 bridgehead atoms. The summed E-state index contributed by atoms with van der Waals surface area (Å²) < 4.78 is 4.77. The number of aliphatic hydroxyl groups is 3. The molecule has 0 amide bonds. The van der Waals surface area contributed by atoms with Crippen LogP contribution in [0.25, 0.3) is 0 Å². The Morgan fingerprint density at radius 3 is 2.60 bits per heavy atom. The molecule has 3 atom stereocenters. The molecule has 0 saturated heterocycles. The number of hydrogen-bond acceptors (Lipinski definition) is 4. The fourth-order valence-corrected chi connectivity index (χ4v) is 0.792. The Hall–Kier alpha value is -0.580. The van der Waals surface area contributed by atoms with Crippen molar-refractivity contribution in [1.82, 2.24) is 0 Å². The minimum atomic E-state index is -1.02. The van der Waals surface area contributed by atoms with Crippen molar-refractivity contribution in [2.24, 2.45) is 0 Å². The zero-order chi connectivity index (χ0) is 7.56. The highest BCUT2D eigenvalue weighted by Gasteiger charge is 2.27. The molecule has 0 spiro atoms. The Morgan fingerprint density at radius 2 is 2.10 bits per heavy atom. The van der Waals surface area contributed by atoms with Gasteiger partial charge in [-0.2, -0.15) is 0 Å². The molecule has 0 unspecified atom stereocenters. The maximum Gasteiger partial charge on any atom is 0.149 e. The molecule has 0 aromatic carbocycles. The van der Waals surface area contributed by atoms with Gasteiger partial charge in [0.05, 0.1) is 12.9 Å². The fourth-order valence-electron chi connectivity index (χ4n) is 0.792. The lowest BCUT2D eigenvalue weighted by molar-refractivity contribution is -0.0808. The highest BCUT2D eigenvalue weighted by Crippen LogP contribution is 2.10. The average molecular weight is 146 g/mol. The summed E-state index contributed by atoms with van der Waals surface area (Å²) in [5.74, 6) is 0. The van der Waals surface area contributed by atoms with E-state index in [0.29, 0.717) is 0 Å². The van der Waals surface area contributed by atoms with E-state index >= 15 is 0 Å². The van der Waals surface area contributed by atoms with Crippen LogP contribution in [0, 0.1) is 0 Å². The largest absolute Gasteiger partial charge is 0.493 e. The van der Waals surface area contributed by atoms with Gasteiger partial charge in [0.2, 0.25) is 0 Å². The summed E-state index contributed by atoms with van der Waals surface area (Å²) in [7, 11) is 0. The minimum Gasteiger partial charge on any atom is -0.493 e. The van der Waals surface area contributed by atoms with Crippen LogP contribution in [0.3, 0.4) is 0 Å². The summed E-state index contributed by atoms with van der Waals surface area (Å²) in [6.45, 7) is -0.289. The first-order chi connectivity index (χ1) is 4.75. The van der Waals surface area contributed by atoms with Crippen molar-refractivity contribution in [3.63, 3.8) is 0 Å². The second-order valence-electron chi connectivity index (χ2n) is 2.17. The molecule has 0 saturated carbocycles. The first-order valence-corrected chi connectivity index (χ1v) is 3.05. The van der Waals surface area contributed by atoms with Crippen LogP contribution in [0.15, 0.2) is 12.3 Å². The second kappa shape index (κ2) is 3.01. The van der Waals surface area contributed by atoms with Crippen LogP contribution in [-0.2, 0) is 4.74 Å². The molecular formula is C6H10O4. The van der Waals surface area contributed by atoms with Gasteiger partial charge in [-0.3, -0.25) is 0 Å². The van der Waals surface area contributed by atoms with Gasteiger partial charge in [0, 0.05) is 0 Å². The summed E-state index contributed by atoms with van der Waals surface area (Å²) >= 11 is 0. The summed E-state index contributed by atoms with van der Waals surface area (Å²) in [6.07, 6.45) is -0.0318. The number of rotatable bonds is 1. The molecule has 0 aliphatic carbocycles. The first kappa shape index (κ1) is 7.53. The van der Waals surface area contributed by atoms with Crippen LogP contribution in [0.5, 0.6) is 0 Å². The Kier molecular flexibility index (Phi) is 2.26. The Labute approximate surface area is 58.4 Å². The van der Waals surface area contributed by atoms with E-state index in [9.17, 15) is 0 Å². The molecule has 1 aliphatic heterocycles. The fraction of sp³-hybridized carbons (Fsp3) is 0.667. The van der Waals surface area contributed by atoms with Gasteiger partial charge >= 0.3 is 0 Å². The molecule has 1 aliphatic rings. The zero-order valence-corrected chi connectivity index (χ0v) is 5.34. The van der Waals surface area contributed by atoms with Crippen molar-refractivity contribution in [3.8, 4) is 0 Å². The molecule has 0 aromatic rings. The lowest BCUT2D eigenvalue weighted by Gasteiger charge is -2.26. The van der Waals surface area contributed by atoms with Crippen LogP contribution >= 0.6 is 0 Å². The SMILES string of the molecule is OC[C@H]1OC=C[C@H](O)[C@H]1O. The molecule has 1 heterocycles. The van der Waals surface area contributed by atoms with Gasteiger partial charge in [-0.05, 0) is 6.08 Å². The van der Waals surface area contributed by atoms with Crippen molar-refractivity contribution < 1.29 is 20.1 Å². The average Bonchev–Trinajstić information content (AvgIpc) is 1.95. The quantitative estimate of drug-likeness (QED) is 0.426. The third-order valence-electron chi connectivity index (χ3n) is 1.44. The molecule has 0 fully saturated rings. The lowest BCUT2D eigenvalue weighted by atomic mass is 10.1. The van der Waals surface area contributed by atoms with Crippen molar-refractivity contribution in [2.45, 2.75) is 18.3 Å². The summed E-state index contributed by atoms with van der Waals surface area (Å²) in [5.41, 5.74) is 0. The smallest absolute Gasteiger partial charge is 0.149 e. The highest BCUT2D eigenvalue weighted by molar-refractivity contribution is 4.96. The number of hydrogen-bond donors (Lipinski definition) is 3. The zero-order valence-electron chi connectivity index (χ0n) is 5.34. The molecule has 4 nitrogen and oxygen atoms in total. The standard InChI is InChI=1S/C6H10O4/c7-3-5-6(9)4(8)1-2-10-5/h1-2,4-9H,3H2/t4-,5+,6+/m0/s1. The minimum absolute atomic E-state index is 0.289. The molecule has 4 heteroatoms. The van der Waals surface area contributed by atoms with Crippen LogP contribution in [-0.4, -0.2) is 40.2 Å². The van der Waals surface area contributed by atoms with Gasteiger partial charge in [0.25, 0.3) is 0 Å². The van der Waals surface area contributed by atoms with Gasteiger partial charge in [0.1, 0.15) is 18.3 Å². The van der Waals surface area contributed by atoms with E-state index < -0.39 is 18.3 Å². The van der Waals surface area contributed by atoms with Crippen LogP contribution in [0.2, 0.25) is 0 Å². The van der Waals surface area contributed by atoms with Gasteiger partial charge in [-0.15, -0.1) is 0 Å². The predicted octanol–water partition coefficient (Wildman–Crippen LogP) is -1.39. The summed E-state index contributed by atoms with van der Waals surface area (Å²) in [4.78, 5) is 0. The summed E-state index contributed by atoms with van der Waals surface area (Å²) in [6, 6.07) is 0. The highest BCUT2D eigenvalue weighted by atomic mass is 16.5. The van der Waals surface area contributed by atoms with E-state index in [0.717, 1.165) is 0 Å². The molecule has 0 aromatic heterocycles. The van der Waals surface area contributed by atoms with Crippen molar-refractivity contribution >= 4 is 0 Å². The lowest BCUT2D eigenvalue weighted by Crippen LogP contribution is -2.42. The number of aliphatic hydroxyl groups excluding tert-OH is 3. The maximum absolute atomic E-state index is 9.05. The van der Waals surface area contributed by atoms with Gasteiger partial charge in [-0.25, -0.2) is 0 Å². The van der Waals surface area contributed by atoms with Crippen molar-refractivity contribution in [3.05, 3.63) is 12.3 Å². The van der Waals surface area contributed by atoms with E-state index in [1.54, 1.807) is 0 Å². The van der Waals surface area contributed by atoms with Crippen LogP contribution in [0.4, 0.5) is 0 Å². The topological polar surface area (TPSA) is 69.9 Å². The third kappa shape index (κ3) is 1.29. The maximum atomic E-state index is 9.05. The van der Waals surface area contributed by atoms with E-state index in [1.165, 1.54) is 12.3 Å². The van der Waals surface area contributed by atoms with Crippen molar-refractivity contribution in [1.29, 1.82) is 0 Å².